The Balaban J connectivity index is 1.06. The summed E-state index contributed by atoms with van der Waals surface area (Å²) >= 11 is 0. The molecule has 35 rings (SSSR count). The molecular weight excluding hydrogens is 925 g/mol. The Morgan fingerprint density at radius 2 is 0.520 bits per heavy atom. The molecule has 0 amide bonds. The summed E-state index contributed by atoms with van der Waals surface area (Å²) in [6.07, 6.45) is 0. The van der Waals surface area contributed by atoms with Crippen molar-refractivity contribution in [3.63, 3.8) is 0 Å². The molecule has 3 saturated heterocycles. The zero-order chi connectivity index (χ0) is 45.8. The Kier molecular flexibility index (Phi) is 2.75. The number of benzene rings is 18. The third-order valence-electron chi connectivity index (χ3n) is 28.1. The molecule has 0 aromatic heterocycles. The Morgan fingerprint density at radius 3 is 0.733 bits per heavy atom. The summed E-state index contributed by atoms with van der Waals surface area (Å²) < 4.78 is 7.63. The van der Waals surface area contributed by atoms with Crippen LogP contribution in [0.4, 0.5) is 0 Å². The highest BCUT2D eigenvalue weighted by Gasteiger charge is 2.77. The van der Waals surface area contributed by atoms with Gasteiger partial charge in [-0.1, -0.05) is 20.8 Å². The molecule has 3 fully saturated rings. The average molecular weight is 949 g/mol. The first-order valence-electron chi connectivity index (χ1n) is 28.7. The maximum absolute atomic E-state index is 7.63. The lowest BCUT2D eigenvalue weighted by Gasteiger charge is -2.71. The fourth-order valence-electron chi connectivity index (χ4n) is 26.5. The van der Waals surface area contributed by atoms with Gasteiger partial charge in [-0.25, -0.2) is 0 Å². The van der Waals surface area contributed by atoms with E-state index in [0.717, 1.165) is 26.2 Å². The third-order valence-corrected chi connectivity index (χ3v) is 32.6. The molecule has 28 aromatic rings. The molecule has 7 aliphatic rings. The van der Waals surface area contributed by atoms with E-state index in [1.54, 1.807) is 313 Å². The van der Waals surface area contributed by atoms with Gasteiger partial charge >= 0.3 is 0 Å². The largest absolute Gasteiger partial charge is 0.415 e. The number of nitrogens with zero attached hydrogens (tertiary/aromatic N) is 2. The van der Waals surface area contributed by atoms with Gasteiger partial charge in [0.2, 0.25) is 0 Å². The molecule has 3 heterocycles. The molecule has 328 valence electrons. The minimum Gasteiger partial charge on any atom is -0.415 e. The first kappa shape index (κ1) is 30.2. The van der Waals surface area contributed by atoms with Crippen molar-refractivity contribution in [1.82, 2.24) is 9.80 Å². The van der Waals surface area contributed by atoms with Gasteiger partial charge < -0.3 is 4.43 Å². The second kappa shape index (κ2) is 6.84. The monoisotopic (exact) mass is 948 g/mol. The number of fused-ring (bicyclic) bond motifs is 2. The van der Waals surface area contributed by atoms with Crippen molar-refractivity contribution in [3.8, 4) is 0 Å². The van der Waals surface area contributed by atoms with Crippen LogP contribution < -0.4 is 0 Å². The Morgan fingerprint density at radius 1 is 0.320 bits per heavy atom. The molecule has 0 radical (unpaired) electrons. The second-order valence-corrected chi connectivity index (χ2v) is 34.3. The van der Waals surface area contributed by atoms with Crippen LogP contribution in [0.2, 0.25) is 18.1 Å². The minimum absolute atomic E-state index is 0.149. The van der Waals surface area contributed by atoms with Gasteiger partial charge in [0.1, 0.15) is 11.1 Å². The lowest BCUT2D eigenvalue weighted by molar-refractivity contribution is -0.165. The predicted octanol–water partition coefficient (Wildman–Crippen LogP) is 18.2. The van der Waals surface area contributed by atoms with Crippen LogP contribution in [0.1, 0.15) is 43.0 Å². The molecule has 3 nitrogen and oxygen atoms in total. The summed E-state index contributed by atoms with van der Waals surface area (Å²) in [6.45, 7) is 16.4. The molecule has 4 heteroatoms. The van der Waals surface area contributed by atoms with E-state index >= 15 is 0 Å². The maximum atomic E-state index is 7.63. The van der Waals surface area contributed by atoms with Crippen molar-refractivity contribution in [3.05, 3.63) is 22.3 Å². The van der Waals surface area contributed by atoms with Crippen molar-refractivity contribution in [2.24, 2.45) is 0 Å². The lowest BCUT2D eigenvalue weighted by atomic mass is 9.53. The topological polar surface area (TPSA) is 15.7 Å². The number of hydrogen-bond acceptors (Lipinski definition) is 3. The maximum Gasteiger partial charge on any atom is 0.192 e. The molecule has 0 N–H and O–H groups in total. The first-order valence-corrected chi connectivity index (χ1v) is 31.6. The summed E-state index contributed by atoms with van der Waals surface area (Å²) in [4.78, 5) is 6.51. The normalized spacial score (nSPS) is 26.1. The second-order valence-electron chi connectivity index (χ2n) is 29.5. The van der Waals surface area contributed by atoms with Crippen LogP contribution in [0, 0.1) is 0 Å². The summed E-state index contributed by atoms with van der Waals surface area (Å²) in [5, 5.41) is 90.8. The summed E-state index contributed by atoms with van der Waals surface area (Å²) in [5.41, 5.74) is 6.34. The van der Waals surface area contributed by atoms with Crippen LogP contribution in [0.3, 0.4) is 0 Å². The Hall–Kier alpha value is -7.44. The molecule has 2 unspecified atom stereocenters. The van der Waals surface area contributed by atoms with Crippen molar-refractivity contribution in [2.45, 2.75) is 56.0 Å². The van der Waals surface area contributed by atoms with Crippen LogP contribution in [0.5, 0.6) is 0 Å². The number of hydrogen-bond donors (Lipinski definition) is 0. The molecule has 75 heavy (non-hydrogen) atoms. The molecule has 3 atom stereocenters. The van der Waals surface area contributed by atoms with E-state index in [1.807, 2.05) is 0 Å². The predicted molar refractivity (Wildman–Crippen MR) is 319 cm³/mol. The SMILES string of the molecule is CC(C)(C)[Si](C)(C)OC[C@@H]1CN2CCN1C13c4c5c6c7c8c9c(c%10c%11c1c1c4c4c%12c5c5c6c6c8c8c%13c9c9c%10c%10c%11c%11c1c1c4c4c%12c%12c5c5c6c8c6c8c%13c9c9c%10c%10c%11c1c1c4c4c%12c5c6c5c8c9c%10c1c45)C723. The quantitative estimate of drug-likeness (QED) is 0.130. The molecular formula is C71H24N2OSi. The fourth-order valence-corrected chi connectivity index (χ4v) is 27.5. The van der Waals surface area contributed by atoms with Crippen molar-refractivity contribution >= 4 is 299 Å². The van der Waals surface area contributed by atoms with Crippen molar-refractivity contribution in [2.75, 3.05) is 26.2 Å². The zero-order valence-corrected chi connectivity index (χ0v) is 41.7. The van der Waals surface area contributed by atoms with Crippen LogP contribution in [-0.4, -0.2) is 50.4 Å². The van der Waals surface area contributed by atoms with E-state index in [2.05, 4.69) is 43.7 Å². The number of piperazine rings is 3. The van der Waals surface area contributed by atoms with Gasteiger partial charge in [-0.3, -0.25) is 9.80 Å². The van der Waals surface area contributed by atoms with Gasteiger partial charge in [-0.15, -0.1) is 0 Å². The van der Waals surface area contributed by atoms with E-state index in [0.29, 0.717) is 6.04 Å². The minimum atomic E-state index is -2.09. The first-order chi connectivity index (χ1) is 36.8. The number of rotatable bonds is 3. The zero-order valence-electron chi connectivity index (χ0n) is 40.7. The van der Waals surface area contributed by atoms with Gasteiger partial charge in [0, 0.05) is 25.7 Å². The Labute approximate surface area is 415 Å². The highest BCUT2D eigenvalue weighted by molar-refractivity contribution is 6.82. The highest BCUT2D eigenvalue weighted by Crippen LogP contribution is 2.86. The van der Waals surface area contributed by atoms with E-state index in [-0.39, 0.29) is 16.1 Å². The van der Waals surface area contributed by atoms with Gasteiger partial charge in [-0.05, 0) is 331 Å². The summed E-state index contributed by atoms with van der Waals surface area (Å²) in [6, 6.07) is 0.294. The van der Waals surface area contributed by atoms with Gasteiger partial charge in [0.15, 0.2) is 8.32 Å². The van der Waals surface area contributed by atoms with Gasteiger partial charge in [0.25, 0.3) is 0 Å². The van der Waals surface area contributed by atoms with Crippen LogP contribution in [-0.2, 0) is 15.5 Å². The van der Waals surface area contributed by atoms with E-state index in [4.69, 9.17) is 4.43 Å². The molecule has 0 saturated carbocycles. The smallest absolute Gasteiger partial charge is 0.192 e. The third kappa shape index (κ3) is 1.69. The molecule has 2 bridgehead atoms. The molecule has 3 aliphatic heterocycles. The van der Waals surface area contributed by atoms with E-state index in [9.17, 15) is 0 Å². The molecule has 2 spiro atoms. The molecule has 28 aromatic carbocycles. The standard InChI is InChI=1S/C71H24N2OSi/c1-69(2,3)75(4,5)74-9-10-8-72-6-7-73(10)71-67-61-55-45-37-27-19-15-12-11-13-17(19)25-33(27)47(55)53-43-35(25)29-21(13)22-14(11)18-20-16(12)24-23(15)31(37)41-42-32(24)38-28(20)34-26(18)36-30(22)40-39(29)49(43)57-58-50(40)44(36)54-48(34)56-46(38)52(42)64(63(67)51(41)45)68(71)62(56)60(54)66(58)70(71,72)65(57)59(53)61/h10H,6-9H2,1-5H3/t10-,70?,71?/m0/s1. The van der Waals surface area contributed by atoms with Gasteiger partial charge in [0.05, 0.1) is 6.61 Å². The summed E-state index contributed by atoms with van der Waals surface area (Å²) in [7, 11) is -2.09. The van der Waals surface area contributed by atoms with Crippen LogP contribution in [0.15, 0.2) is 0 Å². The average Bonchev–Trinajstić information content (AvgIpc) is 4.40. The van der Waals surface area contributed by atoms with Gasteiger partial charge in [-0.2, -0.15) is 0 Å². The van der Waals surface area contributed by atoms with Crippen LogP contribution >= 0.6 is 0 Å². The lowest BCUT2D eigenvalue weighted by Crippen LogP contribution is -2.81. The van der Waals surface area contributed by atoms with Crippen molar-refractivity contribution < 1.29 is 4.43 Å². The van der Waals surface area contributed by atoms with Crippen LogP contribution in [0.25, 0.3) is 291 Å². The van der Waals surface area contributed by atoms with E-state index in [1.165, 1.54) is 0 Å². The fraction of sp³-hybridized carbons (Fsp3) is 0.183. The highest BCUT2D eigenvalue weighted by atomic mass is 28.4. The van der Waals surface area contributed by atoms with Crippen molar-refractivity contribution in [1.29, 1.82) is 0 Å². The summed E-state index contributed by atoms with van der Waals surface area (Å²) in [5.74, 6) is 0. The van der Waals surface area contributed by atoms with E-state index < -0.39 is 8.32 Å². The Bertz CT molecular complexity index is 7210. The molecule has 4 aliphatic carbocycles.